The minimum absolute atomic E-state index is 0. The van der Waals surface area contributed by atoms with Crippen LogP contribution in [0, 0.1) is 17.7 Å². The summed E-state index contributed by atoms with van der Waals surface area (Å²) in [5, 5.41) is 8.44. The summed E-state index contributed by atoms with van der Waals surface area (Å²) < 4.78 is 31.1. The first kappa shape index (κ1) is 39.9. The molecule has 0 spiro atoms. The highest BCUT2D eigenvalue weighted by Gasteiger charge is 2.38. The number of Topliss-reactive ketones (excluding diaryl/α,β-unsaturated/α-hetero) is 1. The number of methoxy groups -OCH3 is 2. The van der Waals surface area contributed by atoms with Gasteiger partial charge in [0.2, 0.25) is 0 Å². The molecule has 1 amide bonds. The molecule has 1 atom stereocenters. The van der Waals surface area contributed by atoms with Crippen molar-refractivity contribution in [3.8, 4) is 17.2 Å². The highest BCUT2D eigenvalue weighted by Crippen LogP contribution is 2.40. The van der Waals surface area contributed by atoms with Gasteiger partial charge < -0.3 is 19.1 Å². The second-order valence-corrected chi connectivity index (χ2v) is 15.2. The molecule has 3 heterocycles. The summed E-state index contributed by atoms with van der Waals surface area (Å²) in [7, 11) is 3.26. The Hall–Kier alpha value is -5.33. The van der Waals surface area contributed by atoms with Crippen LogP contribution in [0.5, 0.6) is 17.2 Å². The number of ether oxygens (including phenoxy) is 3. The van der Waals surface area contributed by atoms with E-state index in [-0.39, 0.29) is 60.7 Å². The van der Waals surface area contributed by atoms with Gasteiger partial charge in [0.1, 0.15) is 17.1 Å². The lowest BCUT2D eigenvalue weighted by molar-refractivity contribution is 0.0499. The molecule has 1 saturated heterocycles. The van der Waals surface area contributed by atoms with E-state index in [1.165, 1.54) is 35.2 Å². The van der Waals surface area contributed by atoms with Crippen molar-refractivity contribution >= 4 is 35.0 Å². The molecule has 13 heteroatoms. The average molecular weight is 796 g/mol. The van der Waals surface area contributed by atoms with Crippen molar-refractivity contribution in [2.75, 3.05) is 34.0 Å². The van der Waals surface area contributed by atoms with Crippen molar-refractivity contribution in [1.82, 2.24) is 24.8 Å². The first-order valence-corrected chi connectivity index (χ1v) is 19.4. The lowest BCUT2D eigenvalue weighted by Gasteiger charge is -2.32. The van der Waals surface area contributed by atoms with Crippen molar-refractivity contribution in [3.63, 3.8) is 0 Å². The number of fused-ring (bicyclic) bond motifs is 3. The van der Waals surface area contributed by atoms with Crippen LogP contribution in [0.1, 0.15) is 69.5 Å². The van der Waals surface area contributed by atoms with Crippen molar-refractivity contribution in [2.45, 2.75) is 64.1 Å². The van der Waals surface area contributed by atoms with Gasteiger partial charge in [0.25, 0.3) is 11.5 Å². The highest BCUT2D eigenvalue weighted by molar-refractivity contribution is 6.03. The second kappa shape index (κ2) is 17.4. The fourth-order valence-corrected chi connectivity index (χ4v) is 8.19. The molecule has 9 rings (SSSR count). The van der Waals surface area contributed by atoms with Crippen LogP contribution >= 0.6 is 12.4 Å². The number of carbonyl (C=O) groups is 2. The van der Waals surface area contributed by atoms with Gasteiger partial charge in [0.05, 0.1) is 31.7 Å². The predicted molar refractivity (Wildman–Crippen MR) is 216 cm³/mol. The third kappa shape index (κ3) is 8.82. The molecule has 1 aromatic heterocycles. The number of carbonyl (C=O) groups excluding carboxylic acids is 2. The van der Waals surface area contributed by atoms with Gasteiger partial charge in [-0.25, -0.2) is 9.07 Å². The van der Waals surface area contributed by atoms with Gasteiger partial charge in [-0.2, -0.15) is 0 Å². The topological polar surface area (TPSA) is 116 Å². The highest BCUT2D eigenvalue weighted by atomic mass is 35.5. The molecular formula is C44H47ClFN5O6. The number of hydrogen-bond donors (Lipinski definition) is 0. The van der Waals surface area contributed by atoms with Crippen LogP contribution in [0.2, 0.25) is 0 Å². The monoisotopic (exact) mass is 795 g/mol. The second-order valence-electron chi connectivity index (χ2n) is 15.2. The van der Waals surface area contributed by atoms with Crippen molar-refractivity contribution in [1.29, 1.82) is 0 Å². The normalized spacial score (nSPS) is 17.9. The van der Waals surface area contributed by atoms with Crippen LogP contribution in [0.3, 0.4) is 0 Å². The molecule has 1 unspecified atom stereocenters. The lowest BCUT2D eigenvalue weighted by Crippen LogP contribution is -2.40. The molecule has 2 fully saturated rings. The first-order valence-electron chi connectivity index (χ1n) is 19.4. The van der Waals surface area contributed by atoms with Gasteiger partial charge in [-0.3, -0.25) is 19.3 Å². The van der Waals surface area contributed by atoms with E-state index in [1.54, 1.807) is 43.4 Å². The number of aromatic nitrogens is 3. The van der Waals surface area contributed by atoms with Gasteiger partial charge in [-0.1, -0.05) is 47.7 Å². The Bertz CT molecular complexity index is 2310. The van der Waals surface area contributed by atoms with Crippen LogP contribution in [-0.4, -0.2) is 76.6 Å². The predicted octanol–water partition coefficient (Wildman–Crippen LogP) is 6.91. The van der Waals surface area contributed by atoms with E-state index in [4.69, 9.17) is 14.2 Å². The zero-order valence-corrected chi connectivity index (χ0v) is 33.0. The Morgan fingerprint density at radius 3 is 2.30 bits per heavy atom. The van der Waals surface area contributed by atoms with Crippen molar-refractivity contribution in [2.24, 2.45) is 11.8 Å². The number of likely N-dealkylation sites (tertiary alicyclic amines) is 1. The number of rotatable bonds is 10. The Balaban J connectivity index is 0.000000171. The molecule has 57 heavy (non-hydrogen) atoms. The maximum atomic E-state index is 13.3. The summed E-state index contributed by atoms with van der Waals surface area (Å²) in [5.41, 5.74) is 4.54. The van der Waals surface area contributed by atoms with E-state index in [9.17, 15) is 18.8 Å². The van der Waals surface area contributed by atoms with Gasteiger partial charge in [-0.15, -0.1) is 17.5 Å². The van der Waals surface area contributed by atoms with Gasteiger partial charge in [-0.05, 0) is 117 Å². The Morgan fingerprint density at radius 1 is 0.842 bits per heavy atom. The lowest BCUT2D eigenvalue weighted by atomic mass is 9.85. The zero-order valence-electron chi connectivity index (χ0n) is 32.2. The molecule has 2 aliphatic heterocycles. The molecule has 298 valence electrons. The van der Waals surface area contributed by atoms with Crippen LogP contribution in [0.15, 0.2) is 83.7 Å². The average Bonchev–Trinajstić information content (AvgIpc) is 4.02. The van der Waals surface area contributed by atoms with Gasteiger partial charge >= 0.3 is 0 Å². The fourth-order valence-electron chi connectivity index (χ4n) is 8.19. The smallest absolute Gasteiger partial charge is 0.277 e. The molecule has 2 aliphatic carbocycles. The SMILES string of the molecule is COc1cc2c(cc1OC)C(=O)C(CC1CCN(Cc3ccccc3)CC1)C2.Cl.O=C1c2cc3nnn(CCc4cccc(F)c4)c(=O)c3cc2OCN1C1CC1. The maximum Gasteiger partial charge on any atom is 0.277 e. The van der Waals surface area contributed by atoms with E-state index in [2.05, 4.69) is 45.5 Å². The summed E-state index contributed by atoms with van der Waals surface area (Å²) in [5.74, 6) is 2.37. The zero-order chi connectivity index (χ0) is 38.8. The van der Waals surface area contributed by atoms with E-state index in [0.717, 1.165) is 62.0 Å². The van der Waals surface area contributed by atoms with E-state index in [0.29, 0.717) is 46.1 Å². The van der Waals surface area contributed by atoms with E-state index >= 15 is 0 Å². The minimum atomic E-state index is -0.317. The number of benzene rings is 4. The number of ketones is 1. The number of piperidine rings is 1. The molecule has 11 nitrogen and oxygen atoms in total. The van der Waals surface area contributed by atoms with Crippen LogP contribution in [0.4, 0.5) is 4.39 Å². The number of amides is 1. The third-order valence-corrected chi connectivity index (χ3v) is 11.4. The molecule has 0 radical (unpaired) electrons. The Labute approximate surface area is 337 Å². The molecule has 4 aliphatic rings. The summed E-state index contributed by atoms with van der Waals surface area (Å²) in [6.07, 6.45) is 6.63. The quantitative estimate of drug-likeness (QED) is 0.149. The Morgan fingerprint density at radius 2 is 1.58 bits per heavy atom. The largest absolute Gasteiger partial charge is 0.493 e. The molecule has 5 aromatic rings. The number of nitrogens with zero attached hydrogens (tertiary/aromatic N) is 5. The van der Waals surface area contributed by atoms with Crippen LogP contribution in [-0.2, 0) is 25.9 Å². The minimum Gasteiger partial charge on any atom is -0.493 e. The van der Waals surface area contributed by atoms with Gasteiger partial charge in [0.15, 0.2) is 24.0 Å². The standard InChI is InChI=1S/C24H29NO3.C20H17FN4O3.ClH/c1-27-22-14-19-13-20(24(26)21(19)15-23(22)28-2)12-17-8-10-25(11-9-17)16-18-6-4-3-5-7-18;21-13-3-1-2-12(8-13)6-7-25-20(27)15-10-18-16(9-17(15)22-23-25)19(26)24(11-28-18)14-4-5-14;/h3-7,14-15,17,20H,8-13,16H2,1-2H3;1-3,8-10,14H,4-7,11H2;1H. The van der Waals surface area contributed by atoms with Crippen molar-refractivity contribution < 1.29 is 28.2 Å². The number of hydrogen-bond acceptors (Lipinski definition) is 9. The third-order valence-electron chi connectivity index (χ3n) is 11.4. The Kier molecular flexibility index (Phi) is 12.2. The number of halogens is 2. The molecule has 4 aromatic carbocycles. The maximum absolute atomic E-state index is 13.3. The van der Waals surface area contributed by atoms with Crippen molar-refractivity contribution in [3.05, 3.63) is 123 Å². The first-order chi connectivity index (χ1) is 27.3. The summed E-state index contributed by atoms with van der Waals surface area (Å²) in [6.45, 7) is 3.75. The fraction of sp³-hybridized carbons (Fsp3) is 0.386. The summed E-state index contributed by atoms with van der Waals surface area (Å²) in [4.78, 5) is 42.6. The molecule has 1 saturated carbocycles. The summed E-state index contributed by atoms with van der Waals surface area (Å²) in [6, 6.07) is 24.1. The molecular weight excluding hydrogens is 749 g/mol. The van der Waals surface area contributed by atoms with Crippen LogP contribution < -0.4 is 19.8 Å². The summed E-state index contributed by atoms with van der Waals surface area (Å²) >= 11 is 0. The number of aryl methyl sites for hydroxylation is 2. The molecule has 0 bridgehead atoms. The van der Waals surface area contributed by atoms with E-state index in [1.807, 2.05) is 12.1 Å². The van der Waals surface area contributed by atoms with E-state index < -0.39 is 0 Å². The molecule has 0 N–H and O–H groups in total. The van der Waals surface area contributed by atoms with Gasteiger partial charge in [0, 0.05) is 24.1 Å². The van der Waals surface area contributed by atoms with Crippen LogP contribution in [0.25, 0.3) is 10.9 Å².